The van der Waals surface area contributed by atoms with E-state index in [2.05, 4.69) is 256 Å². The van der Waals surface area contributed by atoms with Crippen molar-refractivity contribution in [3.05, 3.63) is 241 Å². The molecule has 0 atom stereocenters. The highest BCUT2D eigenvalue weighted by Crippen LogP contribution is 2.55. The molecular formula is C65H48N2. The van der Waals surface area contributed by atoms with Crippen molar-refractivity contribution in [1.29, 1.82) is 0 Å². The van der Waals surface area contributed by atoms with E-state index in [9.17, 15) is 0 Å². The maximum Gasteiger partial charge on any atom is 0.0620 e. The van der Waals surface area contributed by atoms with Gasteiger partial charge >= 0.3 is 0 Å². The zero-order valence-corrected chi connectivity index (χ0v) is 38.2. The first-order valence-electron chi connectivity index (χ1n) is 23.5. The van der Waals surface area contributed by atoms with Gasteiger partial charge in [-0.15, -0.1) is 0 Å². The topological polar surface area (TPSA) is 8.17 Å². The van der Waals surface area contributed by atoms with Crippen molar-refractivity contribution < 1.29 is 0 Å². The predicted octanol–water partition coefficient (Wildman–Crippen LogP) is 17.8. The van der Waals surface area contributed by atoms with Crippen molar-refractivity contribution in [1.82, 2.24) is 4.57 Å². The molecular weight excluding hydrogens is 809 g/mol. The quantitative estimate of drug-likeness (QED) is 0.162. The van der Waals surface area contributed by atoms with Crippen LogP contribution in [0.4, 0.5) is 17.1 Å². The summed E-state index contributed by atoms with van der Waals surface area (Å²) in [5.41, 5.74) is 27.2. The van der Waals surface area contributed by atoms with Gasteiger partial charge in [-0.3, -0.25) is 0 Å². The molecule has 0 spiro atoms. The summed E-state index contributed by atoms with van der Waals surface area (Å²) in [6.45, 7) is 9.18. The lowest BCUT2D eigenvalue weighted by Crippen LogP contribution is -2.16. The summed E-state index contributed by atoms with van der Waals surface area (Å²) in [7, 11) is 0. The molecule has 318 valence electrons. The average molecular weight is 857 g/mol. The van der Waals surface area contributed by atoms with Gasteiger partial charge in [0, 0.05) is 44.3 Å². The van der Waals surface area contributed by atoms with Crippen LogP contribution in [0, 0.1) is 13.8 Å². The molecule has 67 heavy (non-hydrogen) atoms. The summed E-state index contributed by atoms with van der Waals surface area (Å²) < 4.78 is 2.51. The molecule has 1 aliphatic heterocycles. The molecule has 0 saturated heterocycles. The first-order valence-corrected chi connectivity index (χ1v) is 23.5. The van der Waals surface area contributed by atoms with Crippen LogP contribution in [0.2, 0.25) is 0 Å². The lowest BCUT2D eigenvalue weighted by Gasteiger charge is -2.29. The van der Waals surface area contributed by atoms with Gasteiger partial charge in [0.25, 0.3) is 0 Å². The van der Waals surface area contributed by atoms with Crippen molar-refractivity contribution in [3.63, 3.8) is 0 Å². The molecule has 1 aromatic heterocycles. The van der Waals surface area contributed by atoms with Crippen molar-refractivity contribution in [2.24, 2.45) is 0 Å². The van der Waals surface area contributed by atoms with E-state index in [-0.39, 0.29) is 5.41 Å². The van der Waals surface area contributed by atoms with Crippen LogP contribution in [0.15, 0.2) is 218 Å². The monoisotopic (exact) mass is 856 g/mol. The Kier molecular flexibility index (Phi) is 8.73. The van der Waals surface area contributed by atoms with Crippen LogP contribution in [0.3, 0.4) is 0 Å². The minimum absolute atomic E-state index is 0.118. The highest BCUT2D eigenvalue weighted by Gasteiger charge is 2.38. The van der Waals surface area contributed by atoms with Gasteiger partial charge in [0.2, 0.25) is 0 Å². The molecule has 0 amide bonds. The number of para-hydroxylation sites is 1. The summed E-state index contributed by atoms with van der Waals surface area (Å²) >= 11 is 0. The summed E-state index contributed by atoms with van der Waals surface area (Å²) in [6.07, 6.45) is 0. The number of hydrogen-bond donors (Lipinski definition) is 0. The normalized spacial score (nSPS) is 12.9. The van der Waals surface area contributed by atoms with Gasteiger partial charge in [0.05, 0.1) is 22.4 Å². The van der Waals surface area contributed by atoms with Crippen LogP contribution in [0.25, 0.3) is 94.3 Å². The van der Waals surface area contributed by atoms with Gasteiger partial charge < -0.3 is 9.47 Å². The zero-order chi connectivity index (χ0) is 45.0. The highest BCUT2D eigenvalue weighted by atomic mass is 15.1. The zero-order valence-electron chi connectivity index (χ0n) is 38.2. The first-order chi connectivity index (χ1) is 32.8. The minimum Gasteiger partial charge on any atom is -0.310 e. The molecule has 13 rings (SSSR count). The van der Waals surface area contributed by atoms with Crippen LogP contribution in [-0.2, 0) is 5.41 Å². The predicted molar refractivity (Wildman–Crippen MR) is 283 cm³/mol. The van der Waals surface area contributed by atoms with E-state index in [1.807, 2.05) is 0 Å². The second-order valence-corrected chi connectivity index (χ2v) is 19.0. The third-order valence-corrected chi connectivity index (χ3v) is 14.8. The van der Waals surface area contributed by atoms with Crippen molar-refractivity contribution in [2.45, 2.75) is 33.1 Å². The van der Waals surface area contributed by atoms with E-state index in [0.29, 0.717) is 0 Å². The smallest absolute Gasteiger partial charge is 0.0620 e. The van der Waals surface area contributed by atoms with Gasteiger partial charge in [-0.05, 0) is 147 Å². The number of aromatic nitrogens is 1. The molecule has 0 fully saturated rings. The fourth-order valence-corrected chi connectivity index (χ4v) is 11.5. The number of rotatable bonds is 6. The highest BCUT2D eigenvalue weighted by molar-refractivity contribution is 6.18. The number of aryl methyl sites for hydroxylation is 2. The van der Waals surface area contributed by atoms with E-state index < -0.39 is 0 Å². The Balaban J connectivity index is 0.990. The minimum atomic E-state index is -0.118. The van der Waals surface area contributed by atoms with Crippen LogP contribution >= 0.6 is 0 Å². The Labute approximate surface area is 392 Å². The van der Waals surface area contributed by atoms with Gasteiger partial charge in [0.15, 0.2) is 0 Å². The van der Waals surface area contributed by atoms with Gasteiger partial charge in [-0.1, -0.05) is 172 Å². The third kappa shape index (κ3) is 5.96. The Morgan fingerprint density at radius 3 is 1.78 bits per heavy atom. The summed E-state index contributed by atoms with van der Waals surface area (Å²) in [5.74, 6) is 0. The van der Waals surface area contributed by atoms with E-state index in [1.165, 1.54) is 122 Å². The molecule has 0 unspecified atom stereocenters. The number of benzene rings is 10. The second-order valence-electron chi connectivity index (χ2n) is 19.0. The Hall–Kier alpha value is -8.20. The largest absolute Gasteiger partial charge is 0.310 e. The average Bonchev–Trinajstić information content (AvgIpc) is 3.78. The summed E-state index contributed by atoms with van der Waals surface area (Å²) in [5, 5.41) is 2.51. The van der Waals surface area contributed by atoms with Crippen LogP contribution < -0.4 is 4.90 Å². The molecule has 1 aliphatic carbocycles. The van der Waals surface area contributed by atoms with Crippen LogP contribution in [0.1, 0.15) is 36.1 Å². The van der Waals surface area contributed by atoms with Gasteiger partial charge in [-0.2, -0.15) is 0 Å². The van der Waals surface area contributed by atoms with E-state index >= 15 is 0 Å². The van der Waals surface area contributed by atoms with E-state index in [0.717, 1.165) is 11.4 Å². The lowest BCUT2D eigenvalue weighted by atomic mass is 9.82. The number of fused-ring (bicyclic) bond motifs is 11. The Bertz CT molecular complexity index is 3790. The fourth-order valence-electron chi connectivity index (χ4n) is 11.5. The van der Waals surface area contributed by atoms with Crippen molar-refractivity contribution in [3.8, 4) is 72.4 Å². The molecule has 0 saturated carbocycles. The van der Waals surface area contributed by atoms with Gasteiger partial charge in [-0.25, -0.2) is 0 Å². The van der Waals surface area contributed by atoms with Gasteiger partial charge in [0.1, 0.15) is 0 Å². The first kappa shape index (κ1) is 39.2. The molecule has 2 heterocycles. The molecule has 0 N–H and O–H groups in total. The number of nitrogens with zero attached hydrogens (tertiary/aromatic N) is 2. The van der Waals surface area contributed by atoms with Crippen LogP contribution in [0.5, 0.6) is 0 Å². The molecule has 0 bridgehead atoms. The Morgan fingerprint density at radius 2 is 0.985 bits per heavy atom. The number of hydrogen-bond acceptors (Lipinski definition) is 1. The number of anilines is 3. The van der Waals surface area contributed by atoms with Crippen molar-refractivity contribution in [2.75, 3.05) is 4.90 Å². The van der Waals surface area contributed by atoms with Crippen molar-refractivity contribution >= 4 is 38.9 Å². The summed E-state index contributed by atoms with van der Waals surface area (Å²) in [4.78, 5) is 2.48. The molecule has 2 heteroatoms. The SMILES string of the molecule is Cc1ccccc1-c1ccc(N(c2ccc(-c3cc4c5c(c3)c3ccccc3n5-c3ccc(-c5ccccc5)cc3-c3ccccc3-4)cc2)c2cccc3c2-c2ccccc2C3(C)C)cc1C. The third-order valence-electron chi connectivity index (χ3n) is 14.8. The van der Waals surface area contributed by atoms with Crippen LogP contribution in [-0.4, -0.2) is 4.57 Å². The molecule has 2 aliphatic rings. The Morgan fingerprint density at radius 1 is 0.373 bits per heavy atom. The molecule has 0 radical (unpaired) electrons. The molecule has 10 aromatic carbocycles. The van der Waals surface area contributed by atoms with E-state index in [1.54, 1.807) is 0 Å². The maximum atomic E-state index is 2.51. The standard InChI is InChI=1S/C65H48N2/c1-41-17-8-9-20-49(41)50-35-34-48(37-42(50)2)66(62-28-16-26-59-63(62)54-24-12-14-25-58(54)65(59,3)4)47-32-29-44(30-33-47)46-39-56-52-22-11-10-21-51(52)55-38-45(43-18-6-5-7-19-43)31-36-61(55)67-60-27-15-13-23-53(60)57(40-46)64(56)67/h5-40H,1-4H3. The lowest BCUT2D eigenvalue weighted by molar-refractivity contribution is 0.660. The molecule has 11 aromatic rings. The maximum absolute atomic E-state index is 2.51. The second kappa shape index (κ2) is 14.9. The van der Waals surface area contributed by atoms with E-state index in [4.69, 9.17) is 0 Å². The molecule has 2 nitrogen and oxygen atoms in total. The summed E-state index contributed by atoms with van der Waals surface area (Å²) in [6, 6.07) is 81.4. The fraction of sp³-hybridized carbons (Fsp3) is 0.0769.